The van der Waals surface area contributed by atoms with Gasteiger partial charge in [0.2, 0.25) is 15.9 Å². The molecule has 2 rings (SSSR count). The van der Waals surface area contributed by atoms with Gasteiger partial charge in [-0.1, -0.05) is 20.3 Å². The molecule has 1 fully saturated rings. The standard InChI is InChI=1S/C16H24N2O4S/c1-12(2)16(19)17-14-11-13(7-8-15(14)22-3)23(20,21)18-9-5-4-6-10-18/h7-8,11-12H,4-6,9-10H2,1-3H3,(H,17,19). The van der Waals surface area contributed by atoms with Crippen molar-refractivity contribution in [2.75, 3.05) is 25.5 Å². The second kappa shape index (κ2) is 7.31. The molecule has 23 heavy (non-hydrogen) atoms. The maximum absolute atomic E-state index is 12.7. The van der Waals surface area contributed by atoms with E-state index in [9.17, 15) is 13.2 Å². The van der Waals surface area contributed by atoms with Crippen LogP contribution in [0.1, 0.15) is 33.1 Å². The molecule has 0 aromatic heterocycles. The zero-order valence-corrected chi connectivity index (χ0v) is 14.6. The van der Waals surface area contributed by atoms with Gasteiger partial charge in [-0.15, -0.1) is 0 Å². The fourth-order valence-corrected chi connectivity index (χ4v) is 4.02. The Morgan fingerprint density at radius 3 is 2.43 bits per heavy atom. The molecule has 128 valence electrons. The monoisotopic (exact) mass is 340 g/mol. The van der Waals surface area contributed by atoms with Crippen molar-refractivity contribution in [3.8, 4) is 5.75 Å². The van der Waals surface area contributed by atoms with Crippen molar-refractivity contribution in [3.05, 3.63) is 18.2 Å². The second-order valence-electron chi connectivity index (χ2n) is 5.97. The number of ether oxygens (including phenoxy) is 1. The van der Waals surface area contributed by atoms with Gasteiger partial charge in [-0.3, -0.25) is 4.79 Å². The minimum Gasteiger partial charge on any atom is -0.495 e. The summed E-state index contributed by atoms with van der Waals surface area (Å²) in [5, 5.41) is 2.73. The number of anilines is 1. The summed E-state index contributed by atoms with van der Waals surface area (Å²) < 4.78 is 32.2. The Kier molecular flexibility index (Phi) is 5.64. The summed E-state index contributed by atoms with van der Waals surface area (Å²) in [6.07, 6.45) is 2.82. The number of carbonyl (C=O) groups is 1. The molecule has 0 spiro atoms. The number of hydrogen-bond donors (Lipinski definition) is 1. The predicted molar refractivity (Wildman–Crippen MR) is 89.1 cm³/mol. The fraction of sp³-hybridized carbons (Fsp3) is 0.562. The lowest BCUT2D eigenvalue weighted by Crippen LogP contribution is -2.35. The maximum Gasteiger partial charge on any atom is 0.243 e. The average molecular weight is 340 g/mol. The number of carbonyl (C=O) groups excluding carboxylic acids is 1. The van der Waals surface area contributed by atoms with Crippen LogP contribution in [0.15, 0.2) is 23.1 Å². The third-order valence-electron chi connectivity index (χ3n) is 3.91. The van der Waals surface area contributed by atoms with Gasteiger partial charge in [0.25, 0.3) is 0 Å². The molecule has 1 saturated heterocycles. The van der Waals surface area contributed by atoms with E-state index in [0.29, 0.717) is 24.5 Å². The van der Waals surface area contributed by atoms with Crippen LogP contribution in [0.5, 0.6) is 5.75 Å². The van der Waals surface area contributed by atoms with Gasteiger partial charge in [0.05, 0.1) is 17.7 Å². The number of piperidine rings is 1. The first-order valence-electron chi connectivity index (χ1n) is 7.85. The number of rotatable bonds is 5. The van der Waals surface area contributed by atoms with E-state index in [-0.39, 0.29) is 16.7 Å². The molecule has 1 heterocycles. The molecular weight excluding hydrogens is 316 g/mol. The molecule has 0 unspecified atom stereocenters. The van der Waals surface area contributed by atoms with Crippen LogP contribution in [0.3, 0.4) is 0 Å². The average Bonchev–Trinajstić information content (AvgIpc) is 2.55. The molecule has 0 atom stereocenters. The van der Waals surface area contributed by atoms with E-state index in [2.05, 4.69) is 5.32 Å². The van der Waals surface area contributed by atoms with E-state index in [1.54, 1.807) is 19.9 Å². The lowest BCUT2D eigenvalue weighted by Gasteiger charge is -2.26. The quantitative estimate of drug-likeness (QED) is 0.893. The van der Waals surface area contributed by atoms with Gasteiger partial charge in [0.15, 0.2) is 0 Å². The highest BCUT2D eigenvalue weighted by atomic mass is 32.2. The lowest BCUT2D eigenvalue weighted by atomic mass is 10.2. The summed E-state index contributed by atoms with van der Waals surface area (Å²) in [5.41, 5.74) is 0.379. The summed E-state index contributed by atoms with van der Waals surface area (Å²) in [7, 11) is -2.05. The number of methoxy groups -OCH3 is 1. The van der Waals surface area contributed by atoms with E-state index < -0.39 is 10.0 Å². The van der Waals surface area contributed by atoms with Crippen molar-refractivity contribution in [1.82, 2.24) is 4.31 Å². The molecule has 1 aromatic rings. The molecular formula is C16H24N2O4S. The van der Waals surface area contributed by atoms with Crippen LogP contribution >= 0.6 is 0 Å². The van der Waals surface area contributed by atoms with Gasteiger partial charge in [-0.25, -0.2) is 8.42 Å². The summed E-state index contributed by atoms with van der Waals surface area (Å²) in [6, 6.07) is 4.57. The smallest absolute Gasteiger partial charge is 0.243 e. The van der Waals surface area contributed by atoms with E-state index in [4.69, 9.17) is 4.74 Å². The molecule has 1 aliphatic heterocycles. The highest BCUT2D eigenvalue weighted by Crippen LogP contribution is 2.30. The molecule has 0 saturated carbocycles. The second-order valence-corrected chi connectivity index (χ2v) is 7.91. The Bertz CT molecular complexity index is 665. The highest BCUT2D eigenvalue weighted by molar-refractivity contribution is 7.89. The zero-order chi connectivity index (χ0) is 17.0. The van der Waals surface area contributed by atoms with Gasteiger partial charge in [0.1, 0.15) is 5.75 Å². The largest absolute Gasteiger partial charge is 0.495 e. The molecule has 1 N–H and O–H groups in total. The normalized spacial score (nSPS) is 16.3. The minimum atomic E-state index is -3.54. The highest BCUT2D eigenvalue weighted by Gasteiger charge is 2.27. The molecule has 1 amide bonds. The molecule has 0 radical (unpaired) electrons. The predicted octanol–water partition coefficient (Wildman–Crippen LogP) is 2.46. The first-order chi connectivity index (χ1) is 10.9. The van der Waals surface area contributed by atoms with Crippen molar-refractivity contribution in [2.24, 2.45) is 5.92 Å². The van der Waals surface area contributed by atoms with E-state index in [1.165, 1.54) is 23.5 Å². The number of benzene rings is 1. The van der Waals surface area contributed by atoms with Crippen LogP contribution in [0.2, 0.25) is 0 Å². The Morgan fingerprint density at radius 1 is 1.22 bits per heavy atom. The van der Waals surface area contributed by atoms with Crippen LogP contribution in [-0.4, -0.2) is 38.8 Å². The first kappa shape index (κ1) is 17.7. The number of nitrogens with one attached hydrogen (secondary N) is 1. The number of amides is 1. The molecule has 1 aromatic carbocycles. The van der Waals surface area contributed by atoms with Crippen molar-refractivity contribution >= 4 is 21.6 Å². The molecule has 0 bridgehead atoms. The Morgan fingerprint density at radius 2 is 1.87 bits per heavy atom. The van der Waals surface area contributed by atoms with Crippen molar-refractivity contribution in [2.45, 2.75) is 38.0 Å². The minimum absolute atomic E-state index is 0.180. The van der Waals surface area contributed by atoms with Crippen molar-refractivity contribution in [1.29, 1.82) is 0 Å². The van der Waals surface area contributed by atoms with Crippen LogP contribution in [0, 0.1) is 5.92 Å². The van der Waals surface area contributed by atoms with Gasteiger partial charge in [-0.2, -0.15) is 4.31 Å². The van der Waals surface area contributed by atoms with Crippen LogP contribution in [0.4, 0.5) is 5.69 Å². The maximum atomic E-state index is 12.7. The fourth-order valence-electron chi connectivity index (χ4n) is 2.48. The topological polar surface area (TPSA) is 75.7 Å². The molecule has 0 aliphatic carbocycles. The van der Waals surface area contributed by atoms with E-state index in [1.807, 2.05) is 0 Å². The number of hydrogen-bond acceptors (Lipinski definition) is 4. The van der Waals surface area contributed by atoms with Crippen molar-refractivity contribution < 1.29 is 17.9 Å². The number of sulfonamides is 1. The summed E-state index contributed by atoms with van der Waals surface area (Å²) in [5.74, 6) is 0.0504. The Labute approximate surface area is 137 Å². The first-order valence-corrected chi connectivity index (χ1v) is 9.29. The van der Waals surface area contributed by atoms with Crippen molar-refractivity contribution in [3.63, 3.8) is 0 Å². The van der Waals surface area contributed by atoms with Gasteiger partial charge in [-0.05, 0) is 31.0 Å². The molecule has 1 aliphatic rings. The van der Waals surface area contributed by atoms with Crippen LogP contribution in [0.25, 0.3) is 0 Å². The summed E-state index contributed by atoms with van der Waals surface area (Å²) in [6.45, 7) is 4.64. The van der Waals surface area contributed by atoms with Crippen LogP contribution < -0.4 is 10.1 Å². The zero-order valence-electron chi connectivity index (χ0n) is 13.8. The SMILES string of the molecule is COc1ccc(S(=O)(=O)N2CCCCC2)cc1NC(=O)C(C)C. The third kappa shape index (κ3) is 4.03. The van der Waals surface area contributed by atoms with Gasteiger partial charge in [0, 0.05) is 19.0 Å². The van der Waals surface area contributed by atoms with Gasteiger partial charge >= 0.3 is 0 Å². The van der Waals surface area contributed by atoms with Crippen LogP contribution in [-0.2, 0) is 14.8 Å². The Hall–Kier alpha value is -1.60. The lowest BCUT2D eigenvalue weighted by molar-refractivity contribution is -0.118. The Balaban J connectivity index is 2.34. The summed E-state index contributed by atoms with van der Waals surface area (Å²) >= 11 is 0. The summed E-state index contributed by atoms with van der Waals surface area (Å²) in [4.78, 5) is 12.1. The number of nitrogens with zero attached hydrogens (tertiary/aromatic N) is 1. The molecule has 7 heteroatoms. The third-order valence-corrected chi connectivity index (χ3v) is 5.80. The van der Waals surface area contributed by atoms with E-state index in [0.717, 1.165) is 19.3 Å². The van der Waals surface area contributed by atoms with E-state index >= 15 is 0 Å². The van der Waals surface area contributed by atoms with Gasteiger partial charge < -0.3 is 10.1 Å². The molecule has 6 nitrogen and oxygen atoms in total.